The molecule has 3 nitrogen and oxygen atoms in total. The normalized spacial score (nSPS) is 13.0. The summed E-state index contributed by atoms with van der Waals surface area (Å²) in [7, 11) is 0. The molecule has 0 radical (unpaired) electrons. The number of rotatable bonds is 3. The summed E-state index contributed by atoms with van der Waals surface area (Å²) in [6.45, 7) is 1.57. The summed E-state index contributed by atoms with van der Waals surface area (Å²) in [5.41, 5.74) is 4.66. The number of carbonyl (C=O) groups is 1. The third kappa shape index (κ3) is 6.65. The van der Waals surface area contributed by atoms with Crippen LogP contribution in [0, 0.1) is 0 Å². The van der Waals surface area contributed by atoms with Crippen molar-refractivity contribution in [2.24, 2.45) is 5.73 Å². The van der Waals surface area contributed by atoms with Crippen molar-refractivity contribution in [3.05, 3.63) is 0 Å². The Morgan fingerprint density at radius 2 is 2.00 bits per heavy atom. The predicted molar refractivity (Wildman–Crippen MR) is 42.5 cm³/mol. The Morgan fingerprint density at radius 3 is 2.31 bits per heavy atom. The van der Waals surface area contributed by atoms with Crippen LogP contribution < -0.4 is 5.73 Å². The predicted octanol–water partition coefficient (Wildman–Crippen LogP) is 1.25. The summed E-state index contributed by atoms with van der Waals surface area (Å²) < 4.78 is 39.4. The van der Waals surface area contributed by atoms with Crippen LogP contribution in [-0.2, 0) is 9.53 Å². The van der Waals surface area contributed by atoms with Crippen LogP contribution in [0.4, 0.5) is 13.2 Å². The molecule has 1 atom stereocenters. The zero-order chi connectivity index (χ0) is 9.78. The fourth-order valence-electron chi connectivity index (χ4n) is 0.515. The second-order valence-electron chi connectivity index (χ2n) is 2.16. The minimum absolute atomic E-state index is 0. The molecule has 0 aliphatic heterocycles. The average Bonchev–Trinajstić information content (AvgIpc) is 1.85. The lowest BCUT2D eigenvalue weighted by atomic mass is 10.2. The van der Waals surface area contributed by atoms with Crippen molar-refractivity contribution >= 4 is 18.4 Å². The maximum absolute atomic E-state index is 11.7. The molecule has 0 saturated carbocycles. The van der Waals surface area contributed by atoms with E-state index >= 15 is 0 Å². The van der Waals surface area contributed by atoms with Crippen molar-refractivity contribution < 1.29 is 22.7 Å². The Balaban J connectivity index is 0. The SMILES string of the molecule is CCOC(=O)C[C@@H](N)C(F)(F)F.Cl. The van der Waals surface area contributed by atoms with Gasteiger partial charge in [-0.05, 0) is 6.92 Å². The van der Waals surface area contributed by atoms with E-state index in [2.05, 4.69) is 10.5 Å². The number of esters is 1. The molecule has 0 aromatic heterocycles. The standard InChI is InChI=1S/C6H10F3NO2.ClH/c1-2-12-5(11)3-4(10)6(7,8)9;/h4H,2-3,10H2,1H3;1H/t4-;/m1./s1. The van der Waals surface area contributed by atoms with Gasteiger partial charge in [0.05, 0.1) is 13.0 Å². The Labute approximate surface area is 79.8 Å². The van der Waals surface area contributed by atoms with Gasteiger partial charge < -0.3 is 10.5 Å². The van der Waals surface area contributed by atoms with Gasteiger partial charge in [0.25, 0.3) is 0 Å². The number of hydrogen-bond donors (Lipinski definition) is 1. The minimum atomic E-state index is -4.53. The van der Waals surface area contributed by atoms with Gasteiger partial charge in [0, 0.05) is 0 Å². The average molecular weight is 222 g/mol. The van der Waals surface area contributed by atoms with Crippen molar-refractivity contribution in [3.63, 3.8) is 0 Å². The van der Waals surface area contributed by atoms with Gasteiger partial charge in [0.15, 0.2) is 0 Å². The Hall–Kier alpha value is -0.490. The van der Waals surface area contributed by atoms with Crippen molar-refractivity contribution in [3.8, 4) is 0 Å². The van der Waals surface area contributed by atoms with Crippen LogP contribution in [0.25, 0.3) is 0 Å². The van der Waals surface area contributed by atoms with Crippen LogP contribution in [-0.4, -0.2) is 24.8 Å². The summed E-state index contributed by atoms with van der Waals surface area (Å²) in [5.74, 6) is -0.928. The Morgan fingerprint density at radius 1 is 1.54 bits per heavy atom. The molecule has 7 heteroatoms. The molecule has 0 heterocycles. The summed E-state index contributed by atoms with van der Waals surface area (Å²) in [6.07, 6.45) is -5.36. The lowest BCUT2D eigenvalue weighted by Crippen LogP contribution is -2.39. The molecular weight excluding hydrogens is 211 g/mol. The van der Waals surface area contributed by atoms with Gasteiger partial charge in [-0.3, -0.25) is 4.79 Å². The first-order valence-electron chi connectivity index (χ1n) is 3.35. The third-order valence-corrected chi connectivity index (χ3v) is 1.11. The van der Waals surface area contributed by atoms with Crippen LogP contribution in [0.1, 0.15) is 13.3 Å². The van der Waals surface area contributed by atoms with Crippen molar-refractivity contribution in [2.75, 3.05) is 6.61 Å². The fourth-order valence-corrected chi connectivity index (χ4v) is 0.515. The highest BCUT2D eigenvalue weighted by molar-refractivity contribution is 5.85. The Bertz CT molecular complexity index is 162. The number of ether oxygens (including phenoxy) is 1. The molecule has 0 saturated heterocycles. The fraction of sp³-hybridized carbons (Fsp3) is 0.833. The molecule has 0 unspecified atom stereocenters. The molecule has 80 valence electrons. The first-order valence-corrected chi connectivity index (χ1v) is 3.35. The lowest BCUT2D eigenvalue weighted by molar-refractivity contribution is -0.164. The second-order valence-corrected chi connectivity index (χ2v) is 2.16. The van der Waals surface area contributed by atoms with E-state index in [-0.39, 0.29) is 19.0 Å². The van der Waals surface area contributed by atoms with E-state index in [1.807, 2.05) is 0 Å². The molecule has 0 spiro atoms. The largest absolute Gasteiger partial charge is 0.466 e. The molecule has 13 heavy (non-hydrogen) atoms. The molecule has 0 aliphatic rings. The second kappa shape index (κ2) is 6.04. The van der Waals surface area contributed by atoms with Crippen LogP contribution in [0.15, 0.2) is 0 Å². The highest BCUT2D eigenvalue weighted by atomic mass is 35.5. The number of alkyl halides is 3. The zero-order valence-electron chi connectivity index (χ0n) is 6.93. The molecular formula is C6H11ClF3NO2. The van der Waals surface area contributed by atoms with Gasteiger partial charge in [0.1, 0.15) is 6.04 Å². The van der Waals surface area contributed by atoms with Crippen LogP contribution in [0.2, 0.25) is 0 Å². The molecule has 0 fully saturated rings. The van der Waals surface area contributed by atoms with E-state index in [9.17, 15) is 18.0 Å². The minimum Gasteiger partial charge on any atom is -0.466 e. The summed E-state index contributed by atoms with van der Waals surface area (Å²) >= 11 is 0. The highest BCUT2D eigenvalue weighted by Gasteiger charge is 2.38. The molecule has 0 aliphatic carbocycles. The first-order chi connectivity index (χ1) is 5.38. The summed E-state index contributed by atoms with van der Waals surface area (Å²) in [4.78, 5) is 10.5. The first kappa shape index (κ1) is 15.0. The Kier molecular flexibility index (Phi) is 6.97. The van der Waals surface area contributed by atoms with E-state index < -0.39 is 24.6 Å². The van der Waals surface area contributed by atoms with Crippen molar-refractivity contribution in [2.45, 2.75) is 25.6 Å². The summed E-state index contributed by atoms with van der Waals surface area (Å²) in [6, 6.07) is -2.13. The van der Waals surface area contributed by atoms with Gasteiger partial charge in [-0.1, -0.05) is 0 Å². The molecule has 0 aromatic carbocycles. The zero-order valence-corrected chi connectivity index (χ0v) is 7.74. The van der Waals surface area contributed by atoms with Crippen molar-refractivity contribution in [1.82, 2.24) is 0 Å². The molecule has 0 bridgehead atoms. The topological polar surface area (TPSA) is 52.3 Å². The van der Waals surface area contributed by atoms with Gasteiger partial charge in [-0.2, -0.15) is 13.2 Å². The van der Waals surface area contributed by atoms with Crippen molar-refractivity contribution in [1.29, 1.82) is 0 Å². The molecule has 0 rings (SSSR count). The van der Waals surface area contributed by atoms with Gasteiger partial charge >= 0.3 is 12.1 Å². The van der Waals surface area contributed by atoms with Crippen LogP contribution >= 0.6 is 12.4 Å². The summed E-state index contributed by atoms with van der Waals surface area (Å²) in [5, 5.41) is 0. The number of hydrogen-bond acceptors (Lipinski definition) is 3. The van der Waals surface area contributed by atoms with E-state index in [1.54, 1.807) is 0 Å². The number of carbonyl (C=O) groups excluding carboxylic acids is 1. The molecule has 0 amide bonds. The maximum Gasteiger partial charge on any atom is 0.404 e. The maximum atomic E-state index is 11.7. The monoisotopic (exact) mass is 221 g/mol. The van der Waals surface area contributed by atoms with Gasteiger partial charge in [0.2, 0.25) is 0 Å². The molecule has 0 aromatic rings. The highest BCUT2D eigenvalue weighted by Crippen LogP contribution is 2.20. The van der Waals surface area contributed by atoms with E-state index in [4.69, 9.17) is 0 Å². The van der Waals surface area contributed by atoms with Gasteiger partial charge in [-0.15, -0.1) is 12.4 Å². The van der Waals surface area contributed by atoms with Crippen LogP contribution in [0.5, 0.6) is 0 Å². The number of nitrogens with two attached hydrogens (primary N) is 1. The van der Waals surface area contributed by atoms with Crippen LogP contribution in [0.3, 0.4) is 0 Å². The third-order valence-electron chi connectivity index (χ3n) is 1.11. The van der Waals surface area contributed by atoms with Gasteiger partial charge in [-0.25, -0.2) is 0 Å². The quantitative estimate of drug-likeness (QED) is 0.730. The number of halogens is 4. The molecule has 2 N–H and O–H groups in total. The smallest absolute Gasteiger partial charge is 0.404 e. The van der Waals surface area contributed by atoms with E-state index in [0.717, 1.165) is 0 Å². The lowest BCUT2D eigenvalue weighted by Gasteiger charge is -2.13. The van der Waals surface area contributed by atoms with E-state index in [0.29, 0.717) is 0 Å². The van der Waals surface area contributed by atoms with E-state index in [1.165, 1.54) is 6.92 Å².